The van der Waals surface area contributed by atoms with Gasteiger partial charge in [0.15, 0.2) is 6.10 Å². The molecule has 0 aromatic heterocycles. The first-order chi connectivity index (χ1) is 27.0. The Kier molecular flexibility index (Phi) is 36.3. The minimum absolute atomic E-state index is 0.0197. The predicted molar refractivity (Wildman–Crippen MR) is 233 cm³/mol. The normalized spacial score (nSPS) is 14.3. The Balaban J connectivity index is 4.47. The summed E-state index contributed by atoms with van der Waals surface area (Å²) >= 11 is 0. The first-order valence-corrected chi connectivity index (χ1v) is 23.2. The van der Waals surface area contributed by atoms with Crippen molar-refractivity contribution in [3.8, 4) is 0 Å². The van der Waals surface area contributed by atoms with Crippen molar-refractivity contribution in [2.45, 2.75) is 161 Å². The van der Waals surface area contributed by atoms with Crippen LogP contribution in [0.2, 0.25) is 0 Å². The number of carbonyl (C=O) groups is 2. The SMILES string of the molecule is CCC/C=C/C/C=C/C/C=C/C/C=C/CCCCCC(=O)OC[C@H](COP(=O)(O)OCC[N+](C)(C)C)OC(=O)CCCCCCC/C=C/C/C=C/CCCCC. The van der Waals surface area contributed by atoms with Crippen LogP contribution in [0, 0.1) is 0 Å². The highest BCUT2D eigenvalue weighted by Crippen LogP contribution is 2.43. The minimum atomic E-state index is -4.39. The number of quaternary nitrogens is 1. The van der Waals surface area contributed by atoms with E-state index in [1.54, 1.807) is 0 Å². The molecule has 0 aliphatic carbocycles. The van der Waals surface area contributed by atoms with Gasteiger partial charge in [-0.25, -0.2) is 4.57 Å². The van der Waals surface area contributed by atoms with Gasteiger partial charge < -0.3 is 18.9 Å². The third-order valence-electron chi connectivity index (χ3n) is 8.69. The van der Waals surface area contributed by atoms with Crippen LogP contribution in [0.4, 0.5) is 0 Å². The van der Waals surface area contributed by atoms with Crippen LogP contribution in [-0.4, -0.2) is 74.9 Å². The van der Waals surface area contributed by atoms with Crippen molar-refractivity contribution < 1.29 is 42.1 Å². The number of nitrogens with zero attached hydrogens (tertiary/aromatic N) is 1. The van der Waals surface area contributed by atoms with Crippen molar-refractivity contribution in [2.24, 2.45) is 0 Å². The van der Waals surface area contributed by atoms with E-state index in [9.17, 15) is 19.0 Å². The fourth-order valence-corrected chi connectivity index (χ4v) is 6.01. The van der Waals surface area contributed by atoms with Gasteiger partial charge in [0, 0.05) is 12.8 Å². The Morgan fingerprint density at radius 1 is 0.554 bits per heavy atom. The first-order valence-electron chi connectivity index (χ1n) is 21.7. The summed E-state index contributed by atoms with van der Waals surface area (Å²) in [5, 5.41) is 0. The summed E-state index contributed by atoms with van der Waals surface area (Å²) in [4.78, 5) is 35.3. The molecule has 1 unspecified atom stereocenters. The molecule has 0 rings (SSSR count). The predicted octanol–water partition coefficient (Wildman–Crippen LogP) is 12.2. The molecule has 0 amide bonds. The van der Waals surface area contributed by atoms with E-state index in [0.29, 0.717) is 23.9 Å². The number of esters is 2. The Morgan fingerprint density at radius 3 is 1.52 bits per heavy atom. The lowest BCUT2D eigenvalue weighted by molar-refractivity contribution is -0.870. The zero-order chi connectivity index (χ0) is 41.4. The van der Waals surface area contributed by atoms with Crippen LogP contribution in [0.5, 0.6) is 0 Å². The molecule has 0 fully saturated rings. The summed E-state index contributed by atoms with van der Waals surface area (Å²) in [5.41, 5.74) is 0. The summed E-state index contributed by atoms with van der Waals surface area (Å²) in [7, 11) is 1.43. The summed E-state index contributed by atoms with van der Waals surface area (Å²) in [5.74, 6) is -0.858. The number of hydrogen-bond donors (Lipinski definition) is 1. The molecular formula is C46H81NO8P+. The lowest BCUT2D eigenvalue weighted by Crippen LogP contribution is -2.37. The fraction of sp³-hybridized carbons (Fsp3) is 0.696. The molecule has 0 radical (unpaired) electrons. The monoisotopic (exact) mass is 807 g/mol. The lowest BCUT2D eigenvalue weighted by atomic mass is 10.1. The number of hydrogen-bond acceptors (Lipinski definition) is 7. The molecule has 0 aromatic carbocycles. The Labute approximate surface area is 342 Å². The standard InChI is InChI=1S/C46H80NO8P/c1-6-8-10-12-14-16-18-20-22-23-25-26-28-30-32-34-36-38-45(48)52-42-44(43-54-56(50,51)53-41-40-47(3,4)5)55-46(49)39-37-35-33-31-29-27-24-21-19-17-15-13-11-9-7-2/h10,12,15-18,21-24,26,28,44H,6-9,11,13-14,19-20,25,27,29-43H2,1-5H3/p+1/b12-10+,17-15+,18-16+,23-22+,24-21+,28-26+/t44-/m1/s1. The van der Waals surface area contributed by atoms with Gasteiger partial charge >= 0.3 is 19.8 Å². The van der Waals surface area contributed by atoms with Gasteiger partial charge in [0.05, 0.1) is 27.7 Å². The molecule has 322 valence electrons. The average Bonchev–Trinajstić information content (AvgIpc) is 3.15. The third kappa shape index (κ3) is 41.1. The van der Waals surface area contributed by atoms with Crippen molar-refractivity contribution in [1.29, 1.82) is 0 Å². The van der Waals surface area contributed by atoms with Gasteiger partial charge in [-0.15, -0.1) is 0 Å². The second-order valence-electron chi connectivity index (χ2n) is 15.4. The molecule has 0 spiro atoms. The molecule has 0 aliphatic rings. The molecule has 1 N–H and O–H groups in total. The van der Waals surface area contributed by atoms with E-state index in [2.05, 4.69) is 86.8 Å². The van der Waals surface area contributed by atoms with E-state index in [1.165, 1.54) is 32.1 Å². The third-order valence-corrected chi connectivity index (χ3v) is 9.67. The van der Waals surface area contributed by atoms with Crippen LogP contribution in [-0.2, 0) is 32.7 Å². The van der Waals surface area contributed by atoms with Crippen LogP contribution < -0.4 is 0 Å². The number of rotatable bonds is 38. The highest BCUT2D eigenvalue weighted by Gasteiger charge is 2.27. The second-order valence-corrected chi connectivity index (χ2v) is 16.8. The Morgan fingerprint density at radius 2 is 1.00 bits per heavy atom. The molecule has 0 aliphatic heterocycles. The van der Waals surface area contributed by atoms with E-state index in [1.807, 2.05) is 21.1 Å². The molecule has 0 heterocycles. The average molecular weight is 807 g/mol. The molecule has 10 heteroatoms. The number of ether oxygens (including phenoxy) is 2. The van der Waals surface area contributed by atoms with E-state index in [-0.39, 0.29) is 26.1 Å². The molecule has 0 bridgehead atoms. The fourth-order valence-electron chi connectivity index (χ4n) is 5.27. The summed E-state index contributed by atoms with van der Waals surface area (Å²) in [6, 6.07) is 0. The van der Waals surface area contributed by atoms with Crippen LogP contribution in [0.25, 0.3) is 0 Å². The van der Waals surface area contributed by atoms with Crippen LogP contribution in [0.1, 0.15) is 155 Å². The number of allylic oxidation sites excluding steroid dienone is 12. The van der Waals surface area contributed by atoms with E-state index in [4.69, 9.17) is 18.5 Å². The van der Waals surface area contributed by atoms with Crippen molar-refractivity contribution in [1.82, 2.24) is 0 Å². The highest BCUT2D eigenvalue weighted by molar-refractivity contribution is 7.47. The summed E-state index contributed by atoms with van der Waals surface area (Å²) < 4.78 is 34.2. The zero-order valence-electron chi connectivity index (χ0n) is 36.1. The largest absolute Gasteiger partial charge is 0.472 e. The number of likely N-dealkylation sites (N-methyl/N-ethyl adjacent to an activating group) is 1. The number of phosphoric acid groups is 1. The van der Waals surface area contributed by atoms with Gasteiger partial charge in [-0.3, -0.25) is 18.6 Å². The van der Waals surface area contributed by atoms with E-state index in [0.717, 1.165) is 83.5 Å². The maximum Gasteiger partial charge on any atom is 0.472 e. The van der Waals surface area contributed by atoms with Gasteiger partial charge in [0.2, 0.25) is 0 Å². The Hall–Kier alpha value is -2.55. The topological polar surface area (TPSA) is 108 Å². The van der Waals surface area contributed by atoms with Crippen LogP contribution in [0.15, 0.2) is 72.9 Å². The van der Waals surface area contributed by atoms with Crippen LogP contribution >= 0.6 is 7.82 Å². The smallest absolute Gasteiger partial charge is 0.462 e. The maximum atomic E-state index is 12.7. The molecule has 56 heavy (non-hydrogen) atoms. The van der Waals surface area contributed by atoms with Crippen molar-refractivity contribution >= 4 is 19.8 Å². The first kappa shape index (κ1) is 53.5. The summed E-state index contributed by atoms with van der Waals surface area (Å²) in [6.07, 6.45) is 46.6. The van der Waals surface area contributed by atoms with Gasteiger partial charge in [-0.05, 0) is 83.5 Å². The molecule has 0 saturated carbocycles. The highest BCUT2D eigenvalue weighted by atomic mass is 31.2. The van der Waals surface area contributed by atoms with Crippen molar-refractivity contribution in [2.75, 3.05) is 47.5 Å². The van der Waals surface area contributed by atoms with Gasteiger partial charge in [0.25, 0.3) is 0 Å². The maximum absolute atomic E-state index is 12.7. The minimum Gasteiger partial charge on any atom is -0.462 e. The quantitative estimate of drug-likeness (QED) is 0.0216. The second kappa shape index (κ2) is 38.0. The molecular weight excluding hydrogens is 725 g/mol. The molecule has 9 nitrogen and oxygen atoms in total. The molecule has 0 aromatic rings. The van der Waals surface area contributed by atoms with Gasteiger partial charge in [-0.2, -0.15) is 0 Å². The number of carbonyl (C=O) groups excluding carboxylic acids is 2. The number of phosphoric ester groups is 1. The van der Waals surface area contributed by atoms with E-state index < -0.39 is 32.5 Å². The summed E-state index contributed by atoms with van der Waals surface area (Å²) in [6.45, 7) is 4.25. The zero-order valence-corrected chi connectivity index (χ0v) is 37.0. The van der Waals surface area contributed by atoms with Gasteiger partial charge in [0.1, 0.15) is 19.8 Å². The Bertz CT molecular complexity index is 1180. The van der Waals surface area contributed by atoms with Crippen LogP contribution in [0.3, 0.4) is 0 Å². The molecule has 0 saturated heterocycles. The van der Waals surface area contributed by atoms with Gasteiger partial charge in [-0.1, -0.05) is 132 Å². The number of unbranched alkanes of at least 4 members (excludes halogenated alkanes) is 12. The van der Waals surface area contributed by atoms with E-state index >= 15 is 0 Å². The lowest BCUT2D eigenvalue weighted by Gasteiger charge is -2.24. The molecule has 2 atom stereocenters. The van der Waals surface area contributed by atoms with Crippen molar-refractivity contribution in [3.05, 3.63) is 72.9 Å². The van der Waals surface area contributed by atoms with Crippen molar-refractivity contribution in [3.63, 3.8) is 0 Å².